The lowest BCUT2D eigenvalue weighted by Crippen LogP contribution is -2.39. The number of ether oxygens (including phenoxy) is 2. The largest absolute Gasteiger partial charge is 0.454 e. The van der Waals surface area contributed by atoms with Crippen LogP contribution in [0.4, 0.5) is 0 Å². The molecule has 2 heterocycles. The molecule has 2 aliphatic rings. The SMILES string of the molecule is CCc1cc(-c2ccc3c(c2)OCO3)ccc1S(=O)(=O)N[C@H]1CCC[C@@H](n2cnnc2)C1. The topological polar surface area (TPSA) is 95.3 Å². The Labute approximate surface area is 187 Å². The van der Waals surface area contributed by atoms with Crippen molar-refractivity contribution in [1.82, 2.24) is 19.5 Å². The number of benzene rings is 2. The van der Waals surface area contributed by atoms with E-state index in [0.29, 0.717) is 17.1 Å². The van der Waals surface area contributed by atoms with E-state index in [9.17, 15) is 8.42 Å². The molecule has 1 fully saturated rings. The standard InChI is InChI=1S/C23H26N4O4S/c1-2-16-10-17(18-6-8-21-22(11-18)31-15-30-21)7-9-23(16)32(28,29)26-19-4-3-5-20(12-19)27-13-24-25-14-27/h6-11,13-14,19-20,26H,2-5,12,15H2,1H3/t19-,20+/m0/s1. The molecule has 1 aliphatic heterocycles. The first-order chi connectivity index (χ1) is 15.5. The minimum Gasteiger partial charge on any atom is -0.454 e. The van der Waals surface area contributed by atoms with Crippen LogP contribution in [0, 0.1) is 0 Å². The molecule has 0 unspecified atom stereocenters. The van der Waals surface area contributed by atoms with Crippen LogP contribution in [0.3, 0.4) is 0 Å². The molecule has 5 rings (SSSR count). The minimum atomic E-state index is -3.64. The maximum Gasteiger partial charge on any atom is 0.241 e. The van der Waals surface area contributed by atoms with Crippen LogP contribution in [0.5, 0.6) is 11.5 Å². The summed E-state index contributed by atoms with van der Waals surface area (Å²) in [6, 6.07) is 11.4. The maximum absolute atomic E-state index is 13.3. The highest BCUT2D eigenvalue weighted by Gasteiger charge is 2.28. The van der Waals surface area contributed by atoms with Crippen LogP contribution in [-0.4, -0.2) is 36.0 Å². The second-order valence-corrected chi connectivity index (χ2v) is 9.97. The van der Waals surface area contributed by atoms with Crippen molar-refractivity contribution >= 4 is 10.0 Å². The van der Waals surface area contributed by atoms with Crippen molar-refractivity contribution < 1.29 is 17.9 Å². The molecule has 1 N–H and O–H groups in total. The maximum atomic E-state index is 13.3. The number of rotatable bonds is 6. The Morgan fingerprint density at radius 3 is 2.59 bits per heavy atom. The van der Waals surface area contributed by atoms with Gasteiger partial charge in [0.15, 0.2) is 11.5 Å². The first kappa shape index (κ1) is 21.0. The van der Waals surface area contributed by atoms with E-state index in [1.54, 1.807) is 18.7 Å². The van der Waals surface area contributed by atoms with Gasteiger partial charge in [-0.2, -0.15) is 0 Å². The van der Waals surface area contributed by atoms with Crippen LogP contribution in [0.15, 0.2) is 53.9 Å². The fraction of sp³-hybridized carbons (Fsp3) is 0.391. The van der Waals surface area contributed by atoms with E-state index in [2.05, 4.69) is 14.9 Å². The van der Waals surface area contributed by atoms with E-state index in [1.165, 1.54) is 0 Å². The lowest BCUT2D eigenvalue weighted by Gasteiger charge is -2.30. The van der Waals surface area contributed by atoms with Gasteiger partial charge in [0, 0.05) is 12.1 Å². The highest BCUT2D eigenvalue weighted by Crippen LogP contribution is 2.37. The molecule has 0 saturated heterocycles. The second kappa shape index (κ2) is 8.55. The Morgan fingerprint density at radius 2 is 1.78 bits per heavy atom. The third-order valence-electron chi connectivity index (χ3n) is 6.26. The van der Waals surface area contributed by atoms with Gasteiger partial charge in [-0.25, -0.2) is 13.1 Å². The smallest absolute Gasteiger partial charge is 0.241 e. The summed E-state index contributed by atoms with van der Waals surface area (Å²) in [4.78, 5) is 0.343. The lowest BCUT2D eigenvalue weighted by molar-refractivity contribution is 0.174. The summed E-state index contributed by atoms with van der Waals surface area (Å²) in [5.74, 6) is 1.43. The van der Waals surface area contributed by atoms with Gasteiger partial charge in [0.05, 0.1) is 4.90 Å². The minimum absolute atomic E-state index is 0.112. The zero-order valence-electron chi connectivity index (χ0n) is 17.9. The zero-order chi connectivity index (χ0) is 22.1. The molecule has 2 atom stereocenters. The first-order valence-electron chi connectivity index (χ1n) is 10.9. The lowest BCUT2D eigenvalue weighted by atomic mass is 9.91. The zero-order valence-corrected chi connectivity index (χ0v) is 18.7. The molecule has 1 aliphatic carbocycles. The summed E-state index contributed by atoms with van der Waals surface area (Å²) >= 11 is 0. The van der Waals surface area contributed by atoms with Gasteiger partial charge in [-0.05, 0) is 73.1 Å². The van der Waals surface area contributed by atoms with Crippen molar-refractivity contribution in [3.05, 3.63) is 54.6 Å². The van der Waals surface area contributed by atoms with Crippen molar-refractivity contribution in [2.45, 2.75) is 56.0 Å². The van der Waals surface area contributed by atoms with E-state index in [-0.39, 0.29) is 18.9 Å². The summed E-state index contributed by atoms with van der Waals surface area (Å²) in [7, 11) is -3.64. The van der Waals surface area contributed by atoms with Crippen molar-refractivity contribution in [3.63, 3.8) is 0 Å². The summed E-state index contributed by atoms with van der Waals surface area (Å²) in [5, 5.41) is 7.76. The van der Waals surface area contributed by atoms with Gasteiger partial charge in [-0.3, -0.25) is 0 Å². The van der Waals surface area contributed by atoms with E-state index in [1.807, 2.05) is 41.8 Å². The molecular weight excluding hydrogens is 428 g/mol. The highest BCUT2D eigenvalue weighted by molar-refractivity contribution is 7.89. The normalized spacial score (nSPS) is 20.4. The summed E-state index contributed by atoms with van der Waals surface area (Å²) in [6.45, 7) is 2.20. The predicted octanol–water partition coefficient (Wildman–Crippen LogP) is 3.70. The number of fused-ring (bicyclic) bond motifs is 1. The van der Waals surface area contributed by atoms with E-state index in [4.69, 9.17) is 9.47 Å². The number of aromatic nitrogens is 3. The fourth-order valence-electron chi connectivity index (χ4n) is 4.60. The molecule has 32 heavy (non-hydrogen) atoms. The number of nitrogens with one attached hydrogen (secondary N) is 1. The average molecular weight is 455 g/mol. The van der Waals surface area contributed by atoms with Crippen LogP contribution >= 0.6 is 0 Å². The van der Waals surface area contributed by atoms with Crippen molar-refractivity contribution in [2.24, 2.45) is 0 Å². The van der Waals surface area contributed by atoms with Crippen LogP contribution in [0.25, 0.3) is 11.1 Å². The van der Waals surface area contributed by atoms with E-state index in [0.717, 1.165) is 48.1 Å². The number of aryl methyl sites for hydroxylation is 1. The molecule has 9 heteroatoms. The van der Waals surface area contributed by atoms with Gasteiger partial charge >= 0.3 is 0 Å². The fourth-order valence-corrected chi connectivity index (χ4v) is 6.17. The number of sulfonamides is 1. The van der Waals surface area contributed by atoms with E-state index >= 15 is 0 Å². The Bertz CT molecular complexity index is 1210. The van der Waals surface area contributed by atoms with Crippen molar-refractivity contribution in [3.8, 4) is 22.6 Å². The molecule has 0 bridgehead atoms. The highest BCUT2D eigenvalue weighted by atomic mass is 32.2. The second-order valence-electron chi connectivity index (χ2n) is 8.29. The van der Waals surface area contributed by atoms with Crippen molar-refractivity contribution in [2.75, 3.05) is 6.79 Å². The average Bonchev–Trinajstić information content (AvgIpc) is 3.50. The summed E-state index contributed by atoms with van der Waals surface area (Å²) in [6.07, 6.45) is 7.53. The molecule has 1 aromatic heterocycles. The molecule has 3 aromatic rings. The molecule has 0 radical (unpaired) electrons. The predicted molar refractivity (Wildman–Crippen MR) is 119 cm³/mol. The molecule has 2 aromatic carbocycles. The monoisotopic (exact) mass is 454 g/mol. The van der Waals surface area contributed by atoms with Gasteiger partial charge in [0.1, 0.15) is 12.7 Å². The number of hydrogen-bond acceptors (Lipinski definition) is 6. The Hall–Kier alpha value is -2.91. The Morgan fingerprint density at radius 1 is 1.03 bits per heavy atom. The number of nitrogens with zero attached hydrogens (tertiary/aromatic N) is 3. The molecule has 0 amide bonds. The van der Waals surface area contributed by atoms with Gasteiger partial charge in [-0.15, -0.1) is 10.2 Å². The third-order valence-corrected chi connectivity index (χ3v) is 7.88. The van der Waals surface area contributed by atoms with Gasteiger partial charge < -0.3 is 14.0 Å². The Balaban J connectivity index is 1.37. The van der Waals surface area contributed by atoms with E-state index < -0.39 is 10.0 Å². The van der Waals surface area contributed by atoms with Crippen LogP contribution in [0.1, 0.15) is 44.2 Å². The molecule has 0 spiro atoms. The summed E-state index contributed by atoms with van der Waals surface area (Å²) < 4.78 is 42.4. The quantitative estimate of drug-likeness (QED) is 0.610. The Kier molecular flexibility index (Phi) is 5.60. The molecule has 1 saturated carbocycles. The molecule has 168 valence electrons. The van der Waals surface area contributed by atoms with Crippen LogP contribution in [0.2, 0.25) is 0 Å². The summed E-state index contributed by atoms with van der Waals surface area (Å²) in [5.41, 5.74) is 2.70. The van der Waals surface area contributed by atoms with Crippen molar-refractivity contribution in [1.29, 1.82) is 0 Å². The van der Waals surface area contributed by atoms with Gasteiger partial charge in [0.25, 0.3) is 0 Å². The number of hydrogen-bond donors (Lipinski definition) is 1. The van der Waals surface area contributed by atoms with Crippen LogP contribution in [-0.2, 0) is 16.4 Å². The third kappa shape index (κ3) is 4.10. The molecular formula is C23H26N4O4S. The van der Waals surface area contributed by atoms with Gasteiger partial charge in [0.2, 0.25) is 16.8 Å². The molecule has 8 nitrogen and oxygen atoms in total. The van der Waals surface area contributed by atoms with Crippen LogP contribution < -0.4 is 14.2 Å². The van der Waals surface area contributed by atoms with Gasteiger partial charge in [-0.1, -0.05) is 19.1 Å². The first-order valence-corrected chi connectivity index (χ1v) is 12.4.